The van der Waals surface area contributed by atoms with Crippen molar-refractivity contribution in [2.75, 3.05) is 38.7 Å². The Kier molecular flexibility index (Phi) is 9.03. The SMILES string of the molecule is CSCCN(C)CCCNC(C)C. The average Bonchev–Trinajstić information content (AvgIpc) is 2.08. The molecule has 1 N–H and O–H groups in total. The lowest BCUT2D eigenvalue weighted by molar-refractivity contribution is 0.344. The molecule has 2 nitrogen and oxygen atoms in total. The highest BCUT2D eigenvalue weighted by atomic mass is 32.2. The topological polar surface area (TPSA) is 15.3 Å². The third kappa shape index (κ3) is 10.2. The van der Waals surface area contributed by atoms with Gasteiger partial charge < -0.3 is 10.2 Å². The fourth-order valence-electron chi connectivity index (χ4n) is 1.10. The van der Waals surface area contributed by atoms with Crippen molar-refractivity contribution in [3.8, 4) is 0 Å². The molecule has 0 aliphatic heterocycles. The van der Waals surface area contributed by atoms with Crippen molar-refractivity contribution in [1.82, 2.24) is 10.2 Å². The van der Waals surface area contributed by atoms with Crippen LogP contribution in [0.2, 0.25) is 0 Å². The molecule has 0 fully saturated rings. The van der Waals surface area contributed by atoms with Gasteiger partial charge in [-0.25, -0.2) is 0 Å². The van der Waals surface area contributed by atoms with Crippen LogP contribution in [0.5, 0.6) is 0 Å². The number of nitrogens with zero attached hydrogens (tertiary/aromatic N) is 1. The Hall–Kier alpha value is 0.270. The van der Waals surface area contributed by atoms with E-state index in [4.69, 9.17) is 0 Å². The zero-order valence-corrected chi connectivity index (χ0v) is 10.3. The second kappa shape index (κ2) is 8.85. The quantitative estimate of drug-likeness (QED) is 0.606. The van der Waals surface area contributed by atoms with Crippen LogP contribution in [0, 0.1) is 0 Å². The van der Waals surface area contributed by atoms with Crippen LogP contribution in [0.4, 0.5) is 0 Å². The molecule has 0 rings (SSSR count). The van der Waals surface area contributed by atoms with Gasteiger partial charge in [-0.05, 0) is 32.8 Å². The second-order valence-electron chi connectivity index (χ2n) is 3.76. The fraction of sp³-hybridized carbons (Fsp3) is 1.00. The lowest BCUT2D eigenvalue weighted by atomic mass is 10.3. The molecule has 0 aliphatic carbocycles. The van der Waals surface area contributed by atoms with Crippen LogP contribution < -0.4 is 5.32 Å². The van der Waals surface area contributed by atoms with Gasteiger partial charge in [0.05, 0.1) is 0 Å². The number of nitrogens with one attached hydrogen (secondary N) is 1. The van der Waals surface area contributed by atoms with Crippen molar-refractivity contribution in [2.45, 2.75) is 26.3 Å². The maximum Gasteiger partial charge on any atom is 0.00692 e. The lowest BCUT2D eigenvalue weighted by Crippen LogP contribution is -2.28. The Balaban J connectivity index is 3.12. The molecule has 0 aliphatic rings. The van der Waals surface area contributed by atoms with Crippen LogP contribution in [0.3, 0.4) is 0 Å². The molecular weight excluding hydrogens is 180 g/mol. The Morgan fingerprint density at radius 1 is 1.31 bits per heavy atom. The first kappa shape index (κ1) is 13.3. The summed E-state index contributed by atoms with van der Waals surface area (Å²) in [5.74, 6) is 1.24. The van der Waals surface area contributed by atoms with Crippen LogP contribution in [0.1, 0.15) is 20.3 Å². The molecule has 0 spiro atoms. The van der Waals surface area contributed by atoms with Crippen molar-refractivity contribution < 1.29 is 0 Å². The van der Waals surface area contributed by atoms with E-state index in [0.29, 0.717) is 6.04 Å². The summed E-state index contributed by atoms with van der Waals surface area (Å²) >= 11 is 1.92. The van der Waals surface area contributed by atoms with Gasteiger partial charge in [0.1, 0.15) is 0 Å². The van der Waals surface area contributed by atoms with Crippen LogP contribution >= 0.6 is 11.8 Å². The van der Waals surface area contributed by atoms with Crippen LogP contribution in [-0.2, 0) is 0 Å². The molecule has 0 unspecified atom stereocenters. The van der Waals surface area contributed by atoms with Gasteiger partial charge in [-0.2, -0.15) is 11.8 Å². The van der Waals surface area contributed by atoms with Crippen molar-refractivity contribution in [1.29, 1.82) is 0 Å². The minimum Gasteiger partial charge on any atom is -0.314 e. The maximum atomic E-state index is 3.43. The number of thioether (sulfide) groups is 1. The van der Waals surface area contributed by atoms with E-state index in [1.807, 2.05) is 11.8 Å². The molecular formula is C10H24N2S. The van der Waals surface area contributed by atoms with E-state index in [0.717, 1.165) is 6.54 Å². The summed E-state index contributed by atoms with van der Waals surface area (Å²) < 4.78 is 0. The van der Waals surface area contributed by atoms with E-state index in [-0.39, 0.29) is 0 Å². The zero-order valence-electron chi connectivity index (χ0n) is 9.47. The van der Waals surface area contributed by atoms with Gasteiger partial charge in [-0.15, -0.1) is 0 Å². The van der Waals surface area contributed by atoms with Gasteiger partial charge in [0.15, 0.2) is 0 Å². The molecule has 0 atom stereocenters. The molecule has 0 aromatic heterocycles. The highest BCUT2D eigenvalue weighted by molar-refractivity contribution is 7.98. The Bertz CT molecular complexity index is 107. The predicted octanol–water partition coefficient (Wildman–Crippen LogP) is 1.67. The second-order valence-corrected chi connectivity index (χ2v) is 4.74. The summed E-state index contributed by atoms with van der Waals surface area (Å²) in [6.45, 7) is 7.94. The van der Waals surface area contributed by atoms with Gasteiger partial charge in [-0.3, -0.25) is 0 Å². The molecule has 0 aromatic rings. The van der Waals surface area contributed by atoms with E-state index in [2.05, 4.69) is 37.4 Å². The standard InChI is InChI=1S/C10H24N2S/c1-10(2)11-6-5-7-12(3)8-9-13-4/h10-11H,5-9H2,1-4H3. The van der Waals surface area contributed by atoms with E-state index in [1.165, 1.54) is 25.3 Å². The monoisotopic (exact) mass is 204 g/mol. The molecule has 80 valence electrons. The van der Waals surface area contributed by atoms with Crippen molar-refractivity contribution in [2.24, 2.45) is 0 Å². The molecule has 0 radical (unpaired) electrons. The summed E-state index contributed by atoms with van der Waals surface area (Å²) in [5, 5.41) is 3.43. The first-order chi connectivity index (χ1) is 6.16. The minimum absolute atomic E-state index is 0.622. The highest BCUT2D eigenvalue weighted by Crippen LogP contribution is 1.94. The third-order valence-electron chi connectivity index (χ3n) is 1.95. The van der Waals surface area contributed by atoms with E-state index in [9.17, 15) is 0 Å². The largest absolute Gasteiger partial charge is 0.314 e. The first-order valence-electron chi connectivity index (χ1n) is 5.07. The van der Waals surface area contributed by atoms with E-state index >= 15 is 0 Å². The predicted molar refractivity (Wildman–Crippen MR) is 63.6 cm³/mol. The van der Waals surface area contributed by atoms with E-state index < -0.39 is 0 Å². The normalized spacial score (nSPS) is 11.5. The summed E-state index contributed by atoms with van der Waals surface area (Å²) in [7, 11) is 2.20. The fourth-order valence-corrected chi connectivity index (χ4v) is 1.59. The number of rotatable bonds is 8. The Morgan fingerprint density at radius 3 is 2.54 bits per heavy atom. The van der Waals surface area contributed by atoms with Crippen LogP contribution in [0.25, 0.3) is 0 Å². The van der Waals surface area contributed by atoms with Gasteiger partial charge in [-0.1, -0.05) is 13.8 Å². The molecule has 0 bridgehead atoms. The lowest BCUT2D eigenvalue weighted by Gasteiger charge is -2.16. The Morgan fingerprint density at radius 2 is 2.00 bits per heavy atom. The summed E-state index contributed by atoms with van der Waals surface area (Å²) in [5.41, 5.74) is 0. The first-order valence-corrected chi connectivity index (χ1v) is 6.47. The third-order valence-corrected chi connectivity index (χ3v) is 2.54. The van der Waals surface area contributed by atoms with E-state index in [1.54, 1.807) is 0 Å². The number of hydrogen-bond acceptors (Lipinski definition) is 3. The summed E-state index contributed by atoms with van der Waals surface area (Å²) in [4.78, 5) is 2.40. The Labute approximate surface area is 87.5 Å². The molecule has 0 saturated carbocycles. The molecule has 3 heteroatoms. The minimum atomic E-state index is 0.622. The van der Waals surface area contributed by atoms with Crippen LogP contribution in [0.15, 0.2) is 0 Å². The average molecular weight is 204 g/mol. The zero-order chi connectivity index (χ0) is 10.1. The molecule has 0 amide bonds. The molecule has 0 aromatic carbocycles. The molecule has 13 heavy (non-hydrogen) atoms. The summed E-state index contributed by atoms with van der Waals surface area (Å²) in [6.07, 6.45) is 3.41. The van der Waals surface area contributed by atoms with Gasteiger partial charge >= 0.3 is 0 Å². The van der Waals surface area contributed by atoms with Gasteiger partial charge in [0.25, 0.3) is 0 Å². The van der Waals surface area contributed by atoms with Gasteiger partial charge in [0, 0.05) is 18.3 Å². The molecule has 0 heterocycles. The van der Waals surface area contributed by atoms with Crippen molar-refractivity contribution in [3.63, 3.8) is 0 Å². The van der Waals surface area contributed by atoms with Gasteiger partial charge in [0.2, 0.25) is 0 Å². The van der Waals surface area contributed by atoms with Crippen LogP contribution in [-0.4, -0.2) is 49.6 Å². The highest BCUT2D eigenvalue weighted by Gasteiger charge is 1.97. The maximum absolute atomic E-state index is 3.43. The van der Waals surface area contributed by atoms with Crippen molar-refractivity contribution >= 4 is 11.8 Å². The molecule has 0 saturated heterocycles. The smallest absolute Gasteiger partial charge is 0.00692 e. The van der Waals surface area contributed by atoms with Crippen molar-refractivity contribution in [3.05, 3.63) is 0 Å². The summed E-state index contributed by atoms with van der Waals surface area (Å²) in [6, 6.07) is 0.622. The number of hydrogen-bond donors (Lipinski definition) is 1.